The molecule has 39 heavy (non-hydrogen) atoms. The number of rotatable bonds is 11. The average molecular weight is 570 g/mol. The number of Topliss-reactive ketones (excluding diaryl/α,β-unsaturated/α-hetero) is 1. The molecule has 1 atom stereocenters. The fourth-order valence-corrected chi connectivity index (χ4v) is 4.61. The molecule has 0 saturated carbocycles. The number of carbonyl (C=O) groups is 2. The Morgan fingerprint density at radius 3 is 2.38 bits per heavy atom. The first kappa shape index (κ1) is 28.1. The number of ether oxygens (including phenoxy) is 2. The summed E-state index contributed by atoms with van der Waals surface area (Å²) in [4.78, 5) is 42.1. The molecule has 0 saturated heterocycles. The summed E-state index contributed by atoms with van der Waals surface area (Å²) in [6, 6.07) is 11.8. The van der Waals surface area contributed by atoms with Crippen molar-refractivity contribution in [3.63, 3.8) is 0 Å². The van der Waals surface area contributed by atoms with Gasteiger partial charge in [-0.25, -0.2) is 9.78 Å². The molecule has 0 aliphatic heterocycles. The summed E-state index contributed by atoms with van der Waals surface area (Å²) in [5.74, 6) is -0.933. The molecule has 0 bridgehead atoms. The number of nitrogens with zero attached hydrogens (tertiary/aromatic N) is 3. The van der Waals surface area contributed by atoms with Crippen LogP contribution in [0.15, 0.2) is 72.0 Å². The molecular formula is C28H25Cl2N3O6. The van der Waals surface area contributed by atoms with Crippen LogP contribution in [0.3, 0.4) is 0 Å². The van der Waals surface area contributed by atoms with Gasteiger partial charge in [-0.3, -0.25) is 9.59 Å². The molecule has 1 N–H and O–H groups in total. The van der Waals surface area contributed by atoms with E-state index in [1.807, 2.05) is 0 Å². The van der Waals surface area contributed by atoms with Crippen molar-refractivity contribution in [2.45, 2.75) is 18.9 Å². The predicted octanol–water partition coefficient (Wildman–Crippen LogP) is 5.10. The molecule has 4 aromatic rings. The Kier molecular flexibility index (Phi) is 8.86. The van der Waals surface area contributed by atoms with E-state index in [1.54, 1.807) is 47.4 Å². The maximum absolute atomic E-state index is 13.5. The van der Waals surface area contributed by atoms with Crippen molar-refractivity contribution in [2.75, 3.05) is 20.8 Å². The number of carbonyl (C=O) groups excluding carboxylic acids is 1. The maximum Gasteiger partial charge on any atom is 0.335 e. The van der Waals surface area contributed by atoms with E-state index < -0.39 is 17.6 Å². The van der Waals surface area contributed by atoms with Gasteiger partial charge in [0.25, 0.3) is 5.56 Å². The largest absolute Gasteiger partial charge is 0.495 e. The van der Waals surface area contributed by atoms with E-state index in [0.29, 0.717) is 38.3 Å². The number of hydrogen-bond donors (Lipinski definition) is 1. The minimum Gasteiger partial charge on any atom is -0.495 e. The molecule has 2 aromatic heterocycles. The number of benzene rings is 2. The third-order valence-corrected chi connectivity index (χ3v) is 6.65. The van der Waals surface area contributed by atoms with Crippen LogP contribution in [-0.4, -0.2) is 51.8 Å². The van der Waals surface area contributed by atoms with Crippen LogP contribution in [-0.2, 0) is 16.0 Å². The number of carboxylic acids is 1. The van der Waals surface area contributed by atoms with E-state index in [9.17, 15) is 14.4 Å². The van der Waals surface area contributed by atoms with Crippen LogP contribution in [0, 0.1) is 0 Å². The normalized spacial score (nSPS) is 11.8. The highest BCUT2D eigenvalue weighted by molar-refractivity contribution is 6.31. The second-order valence-electron chi connectivity index (χ2n) is 8.71. The molecule has 0 aliphatic rings. The van der Waals surface area contributed by atoms with Gasteiger partial charge < -0.3 is 23.7 Å². The maximum atomic E-state index is 13.5. The van der Waals surface area contributed by atoms with Gasteiger partial charge in [0, 0.05) is 48.6 Å². The van der Waals surface area contributed by atoms with Crippen LogP contribution < -0.4 is 10.3 Å². The van der Waals surface area contributed by atoms with Crippen molar-refractivity contribution in [3.05, 3.63) is 98.9 Å². The van der Waals surface area contributed by atoms with E-state index in [2.05, 4.69) is 4.98 Å². The molecule has 0 spiro atoms. The number of carboxylic acid groups (broad SMARTS) is 1. The summed E-state index contributed by atoms with van der Waals surface area (Å²) in [6.07, 6.45) is 4.94. The molecule has 9 nitrogen and oxygen atoms in total. The number of aromatic nitrogens is 3. The highest BCUT2D eigenvalue weighted by Gasteiger charge is 2.24. The number of pyridine rings is 1. The van der Waals surface area contributed by atoms with Gasteiger partial charge in [-0.2, -0.15) is 0 Å². The van der Waals surface area contributed by atoms with Gasteiger partial charge in [-0.15, -0.1) is 0 Å². The lowest BCUT2D eigenvalue weighted by molar-refractivity contribution is -0.122. The molecule has 0 radical (unpaired) electrons. The van der Waals surface area contributed by atoms with Crippen molar-refractivity contribution in [1.29, 1.82) is 0 Å². The number of imidazole rings is 1. The van der Waals surface area contributed by atoms with Gasteiger partial charge in [0.15, 0.2) is 5.78 Å². The standard InChI is InChI=1S/C28H25Cl2N3O6/c1-38-10-9-23(24(34)11-17-3-5-18(6-4-17)28(36)37)33-14-25(39-2)21(13-27(33)35)20-12-19(29)7-8-22(20)32-15-26(30)31-16-32/h3-8,12-16,23H,9-11H2,1-2H3,(H,36,37). The van der Waals surface area contributed by atoms with Crippen LogP contribution >= 0.6 is 23.2 Å². The number of ketones is 1. The monoisotopic (exact) mass is 569 g/mol. The Balaban J connectivity index is 1.75. The third-order valence-electron chi connectivity index (χ3n) is 6.22. The Labute approximate surface area is 234 Å². The first-order valence-corrected chi connectivity index (χ1v) is 12.6. The van der Waals surface area contributed by atoms with E-state index in [-0.39, 0.29) is 30.8 Å². The zero-order chi connectivity index (χ0) is 28.1. The van der Waals surface area contributed by atoms with Crippen molar-refractivity contribution in [1.82, 2.24) is 14.1 Å². The molecular weight excluding hydrogens is 545 g/mol. The zero-order valence-electron chi connectivity index (χ0n) is 21.1. The fourth-order valence-electron chi connectivity index (χ4n) is 4.29. The topological polar surface area (TPSA) is 113 Å². The third kappa shape index (κ3) is 6.39. The van der Waals surface area contributed by atoms with E-state index in [4.69, 9.17) is 37.8 Å². The van der Waals surface area contributed by atoms with Gasteiger partial charge in [0.2, 0.25) is 0 Å². The number of aromatic carboxylic acids is 1. The van der Waals surface area contributed by atoms with Crippen LogP contribution in [0.4, 0.5) is 0 Å². The van der Waals surface area contributed by atoms with Crippen molar-refractivity contribution in [2.24, 2.45) is 0 Å². The average Bonchev–Trinajstić information content (AvgIpc) is 3.35. The van der Waals surface area contributed by atoms with E-state index in [1.165, 1.54) is 43.2 Å². The Hall–Kier alpha value is -3.92. The summed E-state index contributed by atoms with van der Waals surface area (Å²) >= 11 is 12.3. The van der Waals surface area contributed by atoms with Crippen molar-refractivity contribution < 1.29 is 24.2 Å². The molecule has 2 aromatic carbocycles. The molecule has 202 valence electrons. The molecule has 0 fully saturated rings. The Morgan fingerprint density at radius 2 is 1.77 bits per heavy atom. The van der Waals surface area contributed by atoms with Crippen LogP contribution in [0.1, 0.15) is 28.4 Å². The number of methoxy groups -OCH3 is 2. The van der Waals surface area contributed by atoms with E-state index >= 15 is 0 Å². The van der Waals surface area contributed by atoms with E-state index in [0.717, 1.165) is 0 Å². The van der Waals surface area contributed by atoms with Gasteiger partial charge in [-0.1, -0.05) is 35.3 Å². The summed E-state index contributed by atoms with van der Waals surface area (Å²) < 4.78 is 13.9. The van der Waals surface area contributed by atoms with Crippen LogP contribution in [0.2, 0.25) is 10.2 Å². The van der Waals surface area contributed by atoms with Gasteiger partial charge >= 0.3 is 5.97 Å². The lowest BCUT2D eigenvalue weighted by Crippen LogP contribution is -2.31. The molecule has 11 heteroatoms. The second kappa shape index (κ2) is 12.3. The summed E-state index contributed by atoms with van der Waals surface area (Å²) in [7, 11) is 2.99. The zero-order valence-corrected chi connectivity index (χ0v) is 22.6. The SMILES string of the molecule is COCCC(C(=O)Cc1ccc(C(=O)O)cc1)n1cc(OC)c(-c2cc(Cl)ccc2-n2cnc(Cl)c2)cc1=O. The van der Waals surface area contributed by atoms with Crippen LogP contribution in [0.5, 0.6) is 5.75 Å². The summed E-state index contributed by atoms with van der Waals surface area (Å²) in [5.41, 5.74) is 2.09. The summed E-state index contributed by atoms with van der Waals surface area (Å²) in [6.45, 7) is 0.241. The predicted molar refractivity (Wildman–Crippen MR) is 147 cm³/mol. The van der Waals surface area contributed by atoms with Gasteiger partial charge in [0.05, 0.1) is 30.6 Å². The second-order valence-corrected chi connectivity index (χ2v) is 9.53. The van der Waals surface area contributed by atoms with Crippen molar-refractivity contribution in [3.8, 4) is 22.6 Å². The highest BCUT2D eigenvalue weighted by Crippen LogP contribution is 2.36. The lowest BCUT2D eigenvalue weighted by Gasteiger charge is -2.21. The van der Waals surface area contributed by atoms with Gasteiger partial charge in [-0.05, 0) is 42.3 Å². The smallest absolute Gasteiger partial charge is 0.335 e. The molecule has 1 unspecified atom stereocenters. The Morgan fingerprint density at radius 1 is 1.03 bits per heavy atom. The summed E-state index contributed by atoms with van der Waals surface area (Å²) in [5, 5.41) is 9.88. The number of hydrogen-bond acceptors (Lipinski definition) is 6. The molecule has 4 rings (SSSR count). The minimum absolute atomic E-state index is 0.00458. The van der Waals surface area contributed by atoms with Gasteiger partial charge in [0.1, 0.15) is 17.2 Å². The minimum atomic E-state index is -1.05. The Bertz CT molecular complexity index is 1560. The van der Waals surface area contributed by atoms with Crippen LogP contribution in [0.25, 0.3) is 16.8 Å². The highest BCUT2D eigenvalue weighted by atomic mass is 35.5. The molecule has 2 heterocycles. The quantitative estimate of drug-likeness (QED) is 0.267. The first-order chi connectivity index (χ1) is 18.7. The molecule has 0 aliphatic carbocycles. The number of halogens is 2. The van der Waals surface area contributed by atoms with Crippen molar-refractivity contribution >= 4 is 35.0 Å². The first-order valence-electron chi connectivity index (χ1n) is 11.9. The molecule has 0 amide bonds. The fraction of sp³-hybridized carbons (Fsp3) is 0.214. The lowest BCUT2D eigenvalue weighted by atomic mass is 9.99.